The van der Waals surface area contributed by atoms with Gasteiger partial charge in [-0.2, -0.15) is 0 Å². The Hall–Kier alpha value is -2.87. The summed E-state index contributed by atoms with van der Waals surface area (Å²) in [4.78, 5) is 24.2. The maximum absolute atomic E-state index is 12.4. The molecule has 0 heterocycles. The van der Waals surface area contributed by atoms with Gasteiger partial charge in [-0.25, -0.2) is 13.2 Å². The Balaban J connectivity index is 2.07. The monoisotopic (exact) mass is 432 g/mol. The van der Waals surface area contributed by atoms with E-state index in [1.165, 1.54) is 11.4 Å². The van der Waals surface area contributed by atoms with Gasteiger partial charge in [0.15, 0.2) is 0 Å². The number of carbonyl (C=O) groups is 2. The van der Waals surface area contributed by atoms with Crippen LogP contribution in [-0.4, -0.2) is 40.2 Å². The van der Waals surface area contributed by atoms with E-state index in [4.69, 9.17) is 4.74 Å². The molecule has 0 aliphatic carbocycles. The lowest BCUT2D eigenvalue weighted by atomic mass is 10.1. The third kappa shape index (κ3) is 5.82. The van der Waals surface area contributed by atoms with Crippen molar-refractivity contribution < 1.29 is 22.7 Å². The lowest BCUT2D eigenvalue weighted by Gasteiger charge is -2.24. The maximum Gasteiger partial charge on any atom is 0.338 e. The molecule has 0 aliphatic heterocycles. The van der Waals surface area contributed by atoms with Crippen molar-refractivity contribution in [2.75, 3.05) is 29.5 Å². The van der Waals surface area contributed by atoms with Crippen LogP contribution in [0.3, 0.4) is 0 Å². The molecule has 0 radical (unpaired) electrons. The van der Waals surface area contributed by atoms with Crippen LogP contribution in [0.4, 0.5) is 11.4 Å². The lowest BCUT2D eigenvalue weighted by Crippen LogP contribution is -2.32. The van der Waals surface area contributed by atoms with Gasteiger partial charge < -0.3 is 10.1 Å². The number of sulfonamides is 1. The minimum atomic E-state index is -3.49. The van der Waals surface area contributed by atoms with Gasteiger partial charge in [0.05, 0.1) is 24.6 Å². The first kappa shape index (κ1) is 23.4. The van der Waals surface area contributed by atoms with Crippen molar-refractivity contribution in [1.82, 2.24) is 0 Å². The number of amides is 1. The van der Waals surface area contributed by atoms with Gasteiger partial charge in [0.2, 0.25) is 15.9 Å². The van der Waals surface area contributed by atoms with Crippen molar-refractivity contribution in [2.45, 2.75) is 33.6 Å². The highest BCUT2D eigenvalue weighted by Crippen LogP contribution is 2.25. The van der Waals surface area contributed by atoms with Gasteiger partial charge in [0, 0.05) is 18.7 Å². The fourth-order valence-electron chi connectivity index (χ4n) is 3.15. The zero-order valence-corrected chi connectivity index (χ0v) is 18.8. The average Bonchev–Trinajstić information content (AvgIpc) is 2.67. The van der Waals surface area contributed by atoms with E-state index in [1.54, 1.807) is 25.1 Å². The van der Waals surface area contributed by atoms with Gasteiger partial charge in [0.1, 0.15) is 0 Å². The zero-order valence-electron chi connectivity index (χ0n) is 18.0. The van der Waals surface area contributed by atoms with Crippen molar-refractivity contribution in [3.05, 3.63) is 58.7 Å². The largest absolute Gasteiger partial charge is 0.465 e. The van der Waals surface area contributed by atoms with Crippen molar-refractivity contribution >= 4 is 33.3 Å². The van der Waals surface area contributed by atoms with Gasteiger partial charge in [0.25, 0.3) is 0 Å². The predicted octanol–water partition coefficient (Wildman–Crippen LogP) is 3.58. The molecule has 1 N–H and O–H groups in total. The number of benzene rings is 2. The molecular weight excluding hydrogens is 404 g/mol. The van der Waals surface area contributed by atoms with Crippen LogP contribution >= 0.6 is 0 Å². The number of ether oxygens (including phenoxy) is 1. The van der Waals surface area contributed by atoms with Crippen LogP contribution in [0.25, 0.3) is 0 Å². The standard InChI is InChI=1S/C22H28N2O5S/c1-15-11-12-16(2)20(14-15)24(30(5,27)28)13-7-10-21(25)23-19-9-6-8-18(17(19)3)22(26)29-4/h6,8-9,11-12,14H,7,10,13H2,1-5H3,(H,23,25). The van der Waals surface area contributed by atoms with E-state index in [9.17, 15) is 18.0 Å². The van der Waals surface area contributed by atoms with E-state index in [2.05, 4.69) is 5.32 Å². The van der Waals surface area contributed by atoms with Gasteiger partial charge >= 0.3 is 5.97 Å². The van der Waals surface area contributed by atoms with E-state index < -0.39 is 16.0 Å². The molecule has 0 unspecified atom stereocenters. The molecule has 0 saturated carbocycles. The van der Waals surface area contributed by atoms with Gasteiger partial charge in [-0.05, 0) is 62.1 Å². The molecule has 2 rings (SSSR count). The van der Waals surface area contributed by atoms with E-state index in [0.717, 1.165) is 17.4 Å². The highest BCUT2D eigenvalue weighted by Gasteiger charge is 2.20. The average molecular weight is 433 g/mol. The Bertz CT molecular complexity index is 1050. The summed E-state index contributed by atoms with van der Waals surface area (Å²) in [6, 6.07) is 10.6. The van der Waals surface area contributed by atoms with E-state index in [-0.39, 0.29) is 18.9 Å². The molecule has 0 spiro atoms. The Kier molecular flexibility index (Phi) is 7.61. The Labute approximate surface area is 178 Å². The summed E-state index contributed by atoms with van der Waals surface area (Å²) >= 11 is 0. The summed E-state index contributed by atoms with van der Waals surface area (Å²) in [5.74, 6) is -0.726. The molecule has 30 heavy (non-hydrogen) atoms. The minimum absolute atomic E-state index is 0.138. The summed E-state index contributed by atoms with van der Waals surface area (Å²) < 4.78 is 30.7. The molecule has 0 saturated heterocycles. The summed E-state index contributed by atoms with van der Waals surface area (Å²) in [5.41, 5.74) is 3.96. The fourth-order valence-corrected chi connectivity index (χ4v) is 4.17. The first-order chi connectivity index (χ1) is 14.0. The fraction of sp³-hybridized carbons (Fsp3) is 0.364. The number of rotatable bonds is 8. The molecule has 0 bridgehead atoms. The number of carbonyl (C=O) groups excluding carboxylic acids is 2. The second-order valence-electron chi connectivity index (χ2n) is 7.25. The number of aryl methyl sites for hydroxylation is 2. The number of nitrogens with zero attached hydrogens (tertiary/aromatic N) is 1. The number of hydrogen-bond acceptors (Lipinski definition) is 5. The van der Waals surface area contributed by atoms with Crippen molar-refractivity contribution in [1.29, 1.82) is 0 Å². The third-order valence-corrected chi connectivity index (χ3v) is 5.99. The SMILES string of the molecule is COC(=O)c1cccc(NC(=O)CCCN(c2cc(C)ccc2C)S(C)(=O)=O)c1C. The van der Waals surface area contributed by atoms with Crippen LogP contribution in [0.5, 0.6) is 0 Å². The molecule has 8 heteroatoms. The maximum atomic E-state index is 12.4. The molecule has 7 nitrogen and oxygen atoms in total. The van der Waals surface area contributed by atoms with Crippen LogP contribution in [0.2, 0.25) is 0 Å². The highest BCUT2D eigenvalue weighted by molar-refractivity contribution is 7.92. The Morgan fingerprint density at radius 3 is 2.43 bits per heavy atom. The Morgan fingerprint density at radius 2 is 1.80 bits per heavy atom. The second-order valence-corrected chi connectivity index (χ2v) is 9.15. The van der Waals surface area contributed by atoms with Crippen molar-refractivity contribution in [2.24, 2.45) is 0 Å². The summed E-state index contributed by atoms with van der Waals surface area (Å²) in [6.45, 7) is 5.68. The molecule has 2 aromatic rings. The zero-order chi connectivity index (χ0) is 22.5. The summed E-state index contributed by atoms with van der Waals surface area (Å²) in [6.07, 6.45) is 1.65. The molecule has 0 aromatic heterocycles. The highest BCUT2D eigenvalue weighted by atomic mass is 32.2. The summed E-state index contributed by atoms with van der Waals surface area (Å²) in [7, 11) is -2.19. The Morgan fingerprint density at radius 1 is 1.10 bits per heavy atom. The molecule has 0 fully saturated rings. The molecule has 2 aromatic carbocycles. The molecule has 0 atom stereocenters. The topological polar surface area (TPSA) is 92.8 Å². The van der Waals surface area contributed by atoms with Gasteiger partial charge in [-0.15, -0.1) is 0 Å². The molecule has 1 amide bonds. The van der Waals surface area contributed by atoms with Crippen LogP contribution in [0.1, 0.15) is 39.9 Å². The van der Waals surface area contributed by atoms with Crippen LogP contribution in [0, 0.1) is 20.8 Å². The minimum Gasteiger partial charge on any atom is -0.465 e. The first-order valence-electron chi connectivity index (χ1n) is 9.57. The number of anilines is 2. The quantitative estimate of drug-likeness (QED) is 0.644. The van der Waals surface area contributed by atoms with Crippen LogP contribution in [-0.2, 0) is 19.6 Å². The third-order valence-electron chi connectivity index (χ3n) is 4.81. The van der Waals surface area contributed by atoms with E-state index >= 15 is 0 Å². The molecule has 0 aliphatic rings. The number of nitrogens with one attached hydrogen (secondary N) is 1. The van der Waals surface area contributed by atoms with E-state index in [0.29, 0.717) is 28.9 Å². The number of esters is 1. The van der Waals surface area contributed by atoms with E-state index in [1.807, 2.05) is 32.0 Å². The normalized spacial score (nSPS) is 11.1. The predicted molar refractivity (Wildman–Crippen MR) is 118 cm³/mol. The first-order valence-corrected chi connectivity index (χ1v) is 11.4. The lowest BCUT2D eigenvalue weighted by molar-refractivity contribution is -0.116. The molecule has 162 valence electrons. The van der Waals surface area contributed by atoms with Crippen LogP contribution < -0.4 is 9.62 Å². The van der Waals surface area contributed by atoms with Gasteiger partial charge in [-0.3, -0.25) is 9.10 Å². The number of methoxy groups -OCH3 is 1. The smallest absolute Gasteiger partial charge is 0.338 e. The van der Waals surface area contributed by atoms with Crippen LogP contribution in [0.15, 0.2) is 36.4 Å². The van der Waals surface area contributed by atoms with Crippen molar-refractivity contribution in [3.8, 4) is 0 Å². The van der Waals surface area contributed by atoms with Gasteiger partial charge in [-0.1, -0.05) is 18.2 Å². The summed E-state index contributed by atoms with van der Waals surface area (Å²) in [5, 5.41) is 2.79. The number of hydrogen-bond donors (Lipinski definition) is 1. The van der Waals surface area contributed by atoms with Crippen molar-refractivity contribution in [3.63, 3.8) is 0 Å². The second kappa shape index (κ2) is 9.75. The molecular formula is C22H28N2O5S.